The van der Waals surface area contributed by atoms with E-state index in [-0.39, 0.29) is 11.6 Å². The highest BCUT2D eigenvalue weighted by molar-refractivity contribution is 6.00. The van der Waals surface area contributed by atoms with Crippen molar-refractivity contribution in [1.82, 2.24) is 25.1 Å². The van der Waals surface area contributed by atoms with Crippen molar-refractivity contribution in [2.75, 3.05) is 20.6 Å². The number of nitrogens with zero attached hydrogens (tertiary/aromatic N) is 3. The number of rotatable bonds is 5. The standard InChI is InChI=1S/C23H32N6O3/c1-23(2,3)18(22(32)25-4)27-21(31)17-16-13-28(5)11-8-12-29(16)20(26-17)15-10-7-6-9-14(15)19(24)30/h6-7,9-10,18H,8,11-13H2,1-5H3,(H2,24,30)(H,25,32)(H,27,31). The molecule has 2 heterocycles. The van der Waals surface area contributed by atoms with E-state index in [0.29, 0.717) is 30.0 Å². The molecule has 0 radical (unpaired) electrons. The summed E-state index contributed by atoms with van der Waals surface area (Å²) in [6, 6.07) is 6.27. The number of aromatic nitrogens is 2. The highest BCUT2D eigenvalue weighted by Gasteiger charge is 2.35. The number of imidazole rings is 1. The molecule has 1 atom stereocenters. The second-order valence-corrected chi connectivity index (χ2v) is 9.27. The highest BCUT2D eigenvalue weighted by Crippen LogP contribution is 2.29. The molecule has 1 aliphatic heterocycles. The minimum atomic E-state index is -0.734. The van der Waals surface area contributed by atoms with Gasteiger partial charge in [-0.3, -0.25) is 14.4 Å². The van der Waals surface area contributed by atoms with Gasteiger partial charge in [0.25, 0.3) is 5.91 Å². The van der Waals surface area contributed by atoms with Crippen LogP contribution in [0.1, 0.15) is 53.7 Å². The molecule has 0 fully saturated rings. The van der Waals surface area contributed by atoms with Gasteiger partial charge in [0, 0.05) is 25.7 Å². The minimum Gasteiger partial charge on any atom is -0.366 e. The molecule has 9 heteroatoms. The first kappa shape index (κ1) is 23.5. The van der Waals surface area contributed by atoms with Gasteiger partial charge >= 0.3 is 0 Å². The van der Waals surface area contributed by atoms with E-state index in [1.807, 2.05) is 38.5 Å². The van der Waals surface area contributed by atoms with Crippen molar-refractivity contribution in [3.8, 4) is 11.4 Å². The predicted octanol–water partition coefficient (Wildman–Crippen LogP) is 1.37. The van der Waals surface area contributed by atoms with Gasteiger partial charge in [-0.25, -0.2) is 4.98 Å². The molecule has 1 unspecified atom stereocenters. The van der Waals surface area contributed by atoms with Crippen LogP contribution in [0.3, 0.4) is 0 Å². The molecule has 2 aromatic rings. The van der Waals surface area contributed by atoms with Gasteiger partial charge in [-0.1, -0.05) is 39.0 Å². The molecule has 3 amide bonds. The molecule has 4 N–H and O–H groups in total. The highest BCUT2D eigenvalue weighted by atomic mass is 16.2. The van der Waals surface area contributed by atoms with Crippen molar-refractivity contribution in [3.05, 3.63) is 41.2 Å². The summed E-state index contributed by atoms with van der Waals surface area (Å²) in [4.78, 5) is 44.7. The molecule has 0 saturated heterocycles. The summed E-state index contributed by atoms with van der Waals surface area (Å²) >= 11 is 0. The van der Waals surface area contributed by atoms with Gasteiger partial charge in [0.2, 0.25) is 11.8 Å². The van der Waals surface area contributed by atoms with E-state index in [4.69, 9.17) is 5.73 Å². The SMILES string of the molecule is CNC(=O)C(NC(=O)c1nc(-c2ccccc2C(N)=O)n2c1CN(C)CCC2)C(C)(C)C. The maximum Gasteiger partial charge on any atom is 0.272 e. The van der Waals surface area contributed by atoms with Crippen molar-refractivity contribution in [2.45, 2.75) is 46.3 Å². The number of carbonyl (C=O) groups excluding carboxylic acids is 3. The third-order valence-corrected chi connectivity index (χ3v) is 5.71. The summed E-state index contributed by atoms with van der Waals surface area (Å²) in [6.45, 7) is 7.72. The predicted molar refractivity (Wildman–Crippen MR) is 122 cm³/mol. The van der Waals surface area contributed by atoms with Crippen LogP contribution in [-0.2, 0) is 17.9 Å². The fourth-order valence-corrected chi connectivity index (χ4v) is 4.02. The fraction of sp³-hybridized carbons (Fsp3) is 0.478. The number of benzene rings is 1. The summed E-state index contributed by atoms with van der Waals surface area (Å²) in [7, 11) is 3.54. The van der Waals surface area contributed by atoms with Crippen LogP contribution < -0.4 is 16.4 Å². The Hall–Kier alpha value is -3.20. The summed E-state index contributed by atoms with van der Waals surface area (Å²) in [6.07, 6.45) is 0.871. The summed E-state index contributed by atoms with van der Waals surface area (Å²) in [5.41, 5.74) is 7.05. The molecule has 3 rings (SSSR count). The molecule has 9 nitrogen and oxygen atoms in total. The Morgan fingerprint density at radius 3 is 2.47 bits per heavy atom. The quantitative estimate of drug-likeness (QED) is 0.648. The molecule has 32 heavy (non-hydrogen) atoms. The van der Waals surface area contributed by atoms with Crippen LogP contribution in [0.5, 0.6) is 0 Å². The number of hydrogen-bond donors (Lipinski definition) is 3. The van der Waals surface area contributed by atoms with Gasteiger partial charge < -0.3 is 25.8 Å². The van der Waals surface area contributed by atoms with Gasteiger partial charge in [-0.2, -0.15) is 0 Å². The molecule has 172 valence electrons. The van der Waals surface area contributed by atoms with Gasteiger partial charge in [-0.05, 0) is 31.5 Å². The van der Waals surface area contributed by atoms with Crippen molar-refractivity contribution in [1.29, 1.82) is 0 Å². The average Bonchev–Trinajstić information content (AvgIpc) is 2.96. The molecule has 0 spiro atoms. The molecular weight excluding hydrogens is 408 g/mol. The number of likely N-dealkylation sites (N-methyl/N-ethyl adjacent to an activating group) is 1. The number of amides is 3. The monoisotopic (exact) mass is 440 g/mol. The first-order valence-corrected chi connectivity index (χ1v) is 10.7. The summed E-state index contributed by atoms with van der Waals surface area (Å²) in [5.74, 6) is -0.716. The molecule has 0 bridgehead atoms. The minimum absolute atomic E-state index is 0.256. The third kappa shape index (κ3) is 4.67. The first-order chi connectivity index (χ1) is 15.0. The van der Waals surface area contributed by atoms with Crippen LogP contribution >= 0.6 is 0 Å². The Labute approximate surface area is 188 Å². The van der Waals surface area contributed by atoms with Gasteiger partial charge in [0.05, 0.1) is 11.3 Å². The van der Waals surface area contributed by atoms with Crippen LogP contribution in [0, 0.1) is 5.41 Å². The van der Waals surface area contributed by atoms with Crippen LogP contribution in [0.15, 0.2) is 24.3 Å². The van der Waals surface area contributed by atoms with Gasteiger partial charge in [0.15, 0.2) is 5.69 Å². The molecule has 0 saturated carbocycles. The van der Waals surface area contributed by atoms with E-state index in [2.05, 4.69) is 20.5 Å². The molecular formula is C23H32N6O3. The zero-order valence-electron chi connectivity index (χ0n) is 19.4. The van der Waals surface area contributed by atoms with E-state index >= 15 is 0 Å². The van der Waals surface area contributed by atoms with E-state index in [9.17, 15) is 14.4 Å². The number of nitrogens with one attached hydrogen (secondary N) is 2. The smallest absolute Gasteiger partial charge is 0.272 e. The fourth-order valence-electron chi connectivity index (χ4n) is 4.02. The Balaban J connectivity index is 2.12. The lowest BCUT2D eigenvalue weighted by Crippen LogP contribution is -2.53. The maximum atomic E-state index is 13.4. The second kappa shape index (κ2) is 9.12. The zero-order valence-corrected chi connectivity index (χ0v) is 19.4. The van der Waals surface area contributed by atoms with Crippen molar-refractivity contribution in [3.63, 3.8) is 0 Å². The number of nitrogens with two attached hydrogens (primary N) is 1. The lowest BCUT2D eigenvalue weighted by atomic mass is 9.86. The van der Waals surface area contributed by atoms with Crippen LogP contribution in [0.4, 0.5) is 0 Å². The van der Waals surface area contributed by atoms with E-state index in [1.165, 1.54) is 0 Å². The van der Waals surface area contributed by atoms with E-state index in [1.54, 1.807) is 25.2 Å². The summed E-state index contributed by atoms with van der Waals surface area (Å²) in [5, 5.41) is 5.49. The maximum absolute atomic E-state index is 13.4. The Morgan fingerprint density at radius 1 is 1.16 bits per heavy atom. The lowest BCUT2D eigenvalue weighted by molar-refractivity contribution is -0.124. The topological polar surface area (TPSA) is 122 Å². The zero-order chi connectivity index (χ0) is 23.6. The number of primary amides is 1. The number of fused-ring (bicyclic) bond motifs is 1. The Kier molecular flexibility index (Phi) is 6.68. The molecule has 1 aliphatic rings. The van der Waals surface area contributed by atoms with Crippen molar-refractivity contribution < 1.29 is 14.4 Å². The largest absolute Gasteiger partial charge is 0.366 e. The van der Waals surface area contributed by atoms with Crippen LogP contribution in [0.2, 0.25) is 0 Å². The summed E-state index contributed by atoms with van der Waals surface area (Å²) < 4.78 is 1.99. The third-order valence-electron chi connectivity index (χ3n) is 5.71. The van der Waals surface area contributed by atoms with Crippen molar-refractivity contribution >= 4 is 17.7 Å². The normalized spacial score (nSPS) is 15.4. The van der Waals surface area contributed by atoms with Crippen LogP contribution in [-0.4, -0.2) is 58.9 Å². The van der Waals surface area contributed by atoms with Crippen molar-refractivity contribution in [2.24, 2.45) is 11.1 Å². The molecule has 0 aliphatic carbocycles. The number of hydrogen-bond acceptors (Lipinski definition) is 5. The van der Waals surface area contributed by atoms with E-state index in [0.717, 1.165) is 18.7 Å². The lowest BCUT2D eigenvalue weighted by Gasteiger charge is -2.29. The van der Waals surface area contributed by atoms with E-state index < -0.39 is 23.3 Å². The Bertz CT molecular complexity index is 1040. The number of carbonyl (C=O) groups is 3. The van der Waals surface area contributed by atoms with Gasteiger partial charge in [-0.15, -0.1) is 0 Å². The average molecular weight is 441 g/mol. The van der Waals surface area contributed by atoms with Gasteiger partial charge in [0.1, 0.15) is 11.9 Å². The molecule has 1 aromatic heterocycles. The van der Waals surface area contributed by atoms with Crippen LogP contribution in [0.25, 0.3) is 11.4 Å². The Morgan fingerprint density at radius 2 is 1.84 bits per heavy atom. The first-order valence-electron chi connectivity index (χ1n) is 10.7. The molecule has 1 aromatic carbocycles. The second-order valence-electron chi connectivity index (χ2n) is 9.27.